The second-order valence-electron chi connectivity index (χ2n) is 5.26. The van der Waals surface area contributed by atoms with Crippen LogP contribution in [0, 0.1) is 0 Å². The highest BCUT2D eigenvalue weighted by Crippen LogP contribution is 2.37. The summed E-state index contributed by atoms with van der Waals surface area (Å²) in [5, 5.41) is 0. The molecule has 0 fully saturated rings. The summed E-state index contributed by atoms with van der Waals surface area (Å²) in [6.45, 7) is 7.36. The molecule has 0 saturated carbocycles. The van der Waals surface area contributed by atoms with Gasteiger partial charge >= 0.3 is 5.97 Å². The van der Waals surface area contributed by atoms with Gasteiger partial charge in [-0.25, -0.2) is 4.79 Å². The van der Waals surface area contributed by atoms with Crippen molar-refractivity contribution in [2.24, 2.45) is 0 Å². The van der Waals surface area contributed by atoms with Crippen molar-refractivity contribution in [2.45, 2.75) is 45.1 Å². The Labute approximate surface area is 109 Å². The minimum Gasteiger partial charge on any atom is -0.451 e. The molecule has 0 N–H and O–H groups in total. The lowest BCUT2D eigenvalue weighted by molar-refractivity contribution is -0.155. The molecule has 2 rings (SSSR count). The molecule has 0 amide bonds. The maximum atomic E-state index is 11.8. The molecule has 2 heteroatoms. The van der Waals surface area contributed by atoms with Gasteiger partial charge in [-0.1, -0.05) is 30.8 Å². The summed E-state index contributed by atoms with van der Waals surface area (Å²) in [4.78, 5) is 11.8. The third-order valence-electron chi connectivity index (χ3n) is 3.60. The topological polar surface area (TPSA) is 26.3 Å². The van der Waals surface area contributed by atoms with Crippen LogP contribution in [0.15, 0.2) is 36.4 Å². The maximum absolute atomic E-state index is 11.8. The zero-order chi connectivity index (χ0) is 13.2. The molecule has 1 unspecified atom stereocenters. The third-order valence-corrected chi connectivity index (χ3v) is 3.60. The molecule has 0 aromatic heterocycles. The van der Waals surface area contributed by atoms with Crippen LogP contribution >= 0.6 is 0 Å². The van der Waals surface area contributed by atoms with Gasteiger partial charge in [0, 0.05) is 5.57 Å². The quantitative estimate of drug-likeness (QED) is 0.450. The Morgan fingerprint density at radius 1 is 1.33 bits per heavy atom. The lowest BCUT2D eigenvalue weighted by Gasteiger charge is -2.30. The van der Waals surface area contributed by atoms with Crippen LogP contribution in [0.3, 0.4) is 0 Å². The molecule has 0 bridgehead atoms. The van der Waals surface area contributed by atoms with Crippen LogP contribution in [0.4, 0.5) is 0 Å². The largest absolute Gasteiger partial charge is 0.451 e. The molecule has 1 atom stereocenters. The second-order valence-corrected chi connectivity index (χ2v) is 5.26. The molecule has 0 radical (unpaired) electrons. The standard InChI is InChI=1S/C16H20O2/c1-12(2)15(17)18-16(3)11-7-6-9-13-8-4-5-10-14(13)16/h4-5,8,10H,1,6-7,9,11H2,2-3H3. The van der Waals surface area contributed by atoms with Gasteiger partial charge in [0.15, 0.2) is 0 Å². The van der Waals surface area contributed by atoms with Gasteiger partial charge < -0.3 is 4.74 Å². The Morgan fingerprint density at radius 2 is 2.06 bits per heavy atom. The SMILES string of the molecule is C=C(C)C(=O)OC1(C)CCCCc2ccccc21. The Bertz CT molecular complexity index is 476. The minimum absolute atomic E-state index is 0.297. The summed E-state index contributed by atoms with van der Waals surface area (Å²) in [5.41, 5.74) is 2.39. The van der Waals surface area contributed by atoms with Crippen LogP contribution < -0.4 is 0 Å². The number of carbonyl (C=O) groups is 1. The van der Waals surface area contributed by atoms with Gasteiger partial charge in [-0.05, 0) is 50.7 Å². The monoisotopic (exact) mass is 244 g/mol. The summed E-state index contributed by atoms with van der Waals surface area (Å²) in [5.74, 6) is -0.297. The first kappa shape index (κ1) is 12.9. The van der Waals surface area contributed by atoms with Crippen LogP contribution in [-0.2, 0) is 21.6 Å². The van der Waals surface area contributed by atoms with E-state index in [2.05, 4.69) is 18.7 Å². The number of fused-ring (bicyclic) bond motifs is 1. The molecule has 0 aliphatic heterocycles. The molecular weight excluding hydrogens is 224 g/mol. The van der Waals surface area contributed by atoms with E-state index in [4.69, 9.17) is 4.74 Å². The predicted molar refractivity (Wildman–Crippen MR) is 72.3 cm³/mol. The van der Waals surface area contributed by atoms with E-state index in [0.29, 0.717) is 5.57 Å². The Balaban J connectivity index is 2.36. The average molecular weight is 244 g/mol. The van der Waals surface area contributed by atoms with Gasteiger partial charge in [0.2, 0.25) is 0 Å². The lowest BCUT2D eigenvalue weighted by atomic mass is 9.89. The Kier molecular flexibility index (Phi) is 3.55. The maximum Gasteiger partial charge on any atom is 0.333 e. The van der Waals surface area contributed by atoms with Crippen molar-refractivity contribution in [3.05, 3.63) is 47.5 Å². The van der Waals surface area contributed by atoms with Crippen molar-refractivity contribution < 1.29 is 9.53 Å². The normalized spacial score (nSPS) is 22.8. The smallest absolute Gasteiger partial charge is 0.333 e. The first-order valence-electron chi connectivity index (χ1n) is 6.50. The van der Waals surface area contributed by atoms with E-state index in [9.17, 15) is 4.79 Å². The summed E-state index contributed by atoms with van der Waals surface area (Å²) in [6.07, 6.45) is 4.17. The number of benzene rings is 1. The summed E-state index contributed by atoms with van der Waals surface area (Å²) >= 11 is 0. The number of aryl methyl sites for hydroxylation is 1. The highest BCUT2D eigenvalue weighted by atomic mass is 16.6. The fraction of sp³-hybridized carbons (Fsp3) is 0.438. The number of esters is 1. The van der Waals surface area contributed by atoms with E-state index in [0.717, 1.165) is 31.2 Å². The highest BCUT2D eigenvalue weighted by Gasteiger charge is 2.34. The van der Waals surface area contributed by atoms with Crippen LogP contribution in [0.5, 0.6) is 0 Å². The molecule has 0 heterocycles. The van der Waals surface area contributed by atoms with Gasteiger partial charge in [0.1, 0.15) is 5.60 Å². The summed E-state index contributed by atoms with van der Waals surface area (Å²) < 4.78 is 5.71. The van der Waals surface area contributed by atoms with Gasteiger partial charge in [-0.3, -0.25) is 0 Å². The van der Waals surface area contributed by atoms with Crippen LogP contribution in [0.1, 0.15) is 44.2 Å². The molecule has 0 saturated heterocycles. The van der Waals surface area contributed by atoms with Crippen molar-refractivity contribution in [3.63, 3.8) is 0 Å². The molecule has 18 heavy (non-hydrogen) atoms. The van der Waals surface area contributed by atoms with E-state index >= 15 is 0 Å². The Morgan fingerprint density at radius 3 is 2.78 bits per heavy atom. The van der Waals surface area contributed by atoms with Gasteiger partial charge in [-0.15, -0.1) is 0 Å². The van der Waals surface area contributed by atoms with Crippen molar-refractivity contribution >= 4 is 5.97 Å². The van der Waals surface area contributed by atoms with Crippen LogP contribution in [0.25, 0.3) is 0 Å². The summed E-state index contributed by atoms with van der Waals surface area (Å²) in [6, 6.07) is 8.27. The Hall–Kier alpha value is -1.57. The van der Waals surface area contributed by atoms with E-state index in [1.54, 1.807) is 6.92 Å². The van der Waals surface area contributed by atoms with Crippen molar-refractivity contribution in [2.75, 3.05) is 0 Å². The van der Waals surface area contributed by atoms with Crippen LogP contribution in [-0.4, -0.2) is 5.97 Å². The lowest BCUT2D eigenvalue weighted by Crippen LogP contribution is -2.29. The number of carbonyl (C=O) groups excluding carboxylic acids is 1. The zero-order valence-corrected chi connectivity index (χ0v) is 11.2. The molecule has 2 nitrogen and oxygen atoms in total. The molecule has 1 aromatic rings. The van der Waals surface area contributed by atoms with E-state index < -0.39 is 5.60 Å². The fourth-order valence-electron chi connectivity index (χ4n) is 2.56. The molecule has 96 valence electrons. The van der Waals surface area contributed by atoms with E-state index in [1.165, 1.54) is 5.56 Å². The van der Waals surface area contributed by atoms with Crippen LogP contribution in [0.2, 0.25) is 0 Å². The van der Waals surface area contributed by atoms with Gasteiger partial charge in [0.05, 0.1) is 0 Å². The first-order valence-corrected chi connectivity index (χ1v) is 6.50. The number of rotatable bonds is 2. The van der Waals surface area contributed by atoms with E-state index in [-0.39, 0.29) is 5.97 Å². The number of ether oxygens (including phenoxy) is 1. The zero-order valence-electron chi connectivity index (χ0n) is 11.2. The molecular formula is C16H20O2. The highest BCUT2D eigenvalue weighted by molar-refractivity contribution is 5.87. The average Bonchev–Trinajstić information content (AvgIpc) is 2.50. The van der Waals surface area contributed by atoms with Gasteiger partial charge in [0.25, 0.3) is 0 Å². The third kappa shape index (κ3) is 2.47. The predicted octanol–water partition coefficient (Wildman–Crippen LogP) is 3.75. The van der Waals surface area contributed by atoms with Gasteiger partial charge in [-0.2, -0.15) is 0 Å². The fourth-order valence-corrected chi connectivity index (χ4v) is 2.56. The molecule has 1 aliphatic carbocycles. The number of hydrogen-bond donors (Lipinski definition) is 0. The molecule has 1 aromatic carbocycles. The van der Waals surface area contributed by atoms with E-state index in [1.807, 2.05) is 19.1 Å². The molecule has 1 aliphatic rings. The summed E-state index contributed by atoms with van der Waals surface area (Å²) in [7, 11) is 0. The first-order chi connectivity index (χ1) is 8.53. The second kappa shape index (κ2) is 4.97. The van der Waals surface area contributed by atoms with Crippen molar-refractivity contribution in [1.29, 1.82) is 0 Å². The molecule has 0 spiro atoms. The number of hydrogen-bond acceptors (Lipinski definition) is 2. The van der Waals surface area contributed by atoms with Crippen molar-refractivity contribution in [1.82, 2.24) is 0 Å². The minimum atomic E-state index is -0.511. The van der Waals surface area contributed by atoms with Crippen molar-refractivity contribution in [3.8, 4) is 0 Å².